The van der Waals surface area contributed by atoms with Crippen molar-refractivity contribution >= 4 is 0 Å². The van der Waals surface area contributed by atoms with Crippen LogP contribution in [-0.4, -0.2) is 0 Å². The van der Waals surface area contributed by atoms with Gasteiger partial charge in [0.25, 0.3) is 0 Å². The first kappa shape index (κ1) is 30.0. The third-order valence-corrected chi connectivity index (χ3v) is 9.22. The third kappa shape index (κ3) is 8.16. The van der Waals surface area contributed by atoms with E-state index in [4.69, 9.17) is 0 Å². The Morgan fingerprint density at radius 3 is 1.20 bits per heavy atom. The summed E-state index contributed by atoms with van der Waals surface area (Å²) in [6.45, 7) is 35.0. The summed E-state index contributed by atoms with van der Waals surface area (Å²) in [6.07, 6.45) is 5.34. The molecule has 0 heterocycles. The Kier molecular flexibility index (Phi) is 14.2. The Bertz CT molecular complexity index is 410. The smallest absolute Gasteiger partial charge is 0.0324 e. The lowest BCUT2D eigenvalue weighted by Gasteiger charge is -2.49. The summed E-state index contributed by atoms with van der Waals surface area (Å²) in [5.74, 6) is 9.70. The predicted molar refractivity (Wildman–Crippen MR) is 140 cm³/mol. The molecule has 0 aromatic carbocycles. The Morgan fingerprint density at radius 1 is 0.433 bits per heavy atom. The minimum Gasteiger partial charge on any atom is -0.0651 e. The Balaban J connectivity index is 6.27. The first-order chi connectivity index (χ1) is 13.8. The Labute approximate surface area is 193 Å². The second kappa shape index (κ2) is 14.2. The zero-order valence-electron chi connectivity index (χ0n) is 23.8. The van der Waals surface area contributed by atoms with Crippen molar-refractivity contribution in [2.45, 2.75) is 123 Å². The van der Waals surface area contributed by atoms with Crippen molar-refractivity contribution in [1.29, 1.82) is 0 Å². The molecule has 182 valence electrons. The SMILES string of the molecule is CCC(C)C(C(C)CC)C(C(C)C(C)C)C(C)C(CC)C(C(C)C)C(C)CC(C)C. The zero-order valence-corrected chi connectivity index (χ0v) is 23.8. The van der Waals surface area contributed by atoms with Crippen LogP contribution in [-0.2, 0) is 0 Å². The molecule has 0 nitrogen and oxygen atoms in total. The van der Waals surface area contributed by atoms with Crippen molar-refractivity contribution < 1.29 is 0 Å². The molecule has 0 saturated heterocycles. The molecule has 0 bridgehead atoms. The second-order valence-corrected chi connectivity index (χ2v) is 12.4. The fourth-order valence-electron chi connectivity index (χ4n) is 7.24. The van der Waals surface area contributed by atoms with Gasteiger partial charge in [0.05, 0.1) is 0 Å². The number of rotatable bonds is 15. The third-order valence-electron chi connectivity index (χ3n) is 9.22. The minimum absolute atomic E-state index is 0.760. The molecule has 0 aromatic heterocycles. The van der Waals surface area contributed by atoms with E-state index < -0.39 is 0 Å². The van der Waals surface area contributed by atoms with E-state index >= 15 is 0 Å². The van der Waals surface area contributed by atoms with E-state index in [1.807, 2.05) is 0 Å². The van der Waals surface area contributed by atoms with Crippen LogP contribution in [0, 0.1) is 71.0 Å². The molecule has 0 heteroatoms. The van der Waals surface area contributed by atoms with Crippen molar-refractivity contribution in [3.8, 4) is 0 Å². The Morgan fingerprint density at radius 2 is 0.900 bits per heavy atom. The topological polar surface area (TPSA) is 0 Å². The van der Waals surface area contributed by atoms with E-state index in [9.17, 15) is 0 Å². The van der Waals surface area contributed by atoms with Gasteiger partial charge in [-0.15, -0.1) is 0 Å². The number of hydrogen-bond acceptors (Lipinski definition) is 0. The van der Waals surface area contributed by atoms with Gasteiger partial charge in [-0.2, -0.15) is 0 Å². The van der Waals surface area contributed by atoms with E-state index in [0.717, 1.165) is 71.0 Å². The molecule has 0 aromatic rings. The molecular formula is C30H62. The summed E-state index contributed by atoms with van der Waals surface area (Å²) in [7, 11) is 0. The van der Waals surface area contributed by atoms with Crippen LogP contribution in [0.15, 0.2) is 0 Å². The van der Waals surface area contributed by atoms with Gasteiger partial charge in [-0.05, 0) is 77.4 Å². The van der Waals surface area contributed by atoms with E-state index in [1.165, 1.54) is 25.7 Å². The minimum atomic E-state index is 0.760. The van der Waals surface area contributed by atoms with Gasteiger partial charge in [-0.25, -0.2) is 0 Å². The normalized spacial score (nSPS) is 21.9. The largest absolute Gasteiger partial charge is 0.0651 e. The summed E-state index contributed by atoms with van der Waals surface area (Å²) in [5, 5.41) is 0. The lowest BCUT2D eigenvalue weighted by atomic mass is 9.56. The number of hydrogen-bond donors (Lipinski definition) is 0. The molecule has 0 saturated carbocycles. The van der Waals surface area contributed by atoms with Gasteiger partial charge in [0.1, 0.15) is 0 Å². The van der Waals surface area contributed by atoms with Crippen LogP contribution in [0.2, 0.25) is 0 Å². The van der Waals surface area contributed by atoms with Crippen LogP contribution in [0.25, 0.3) is 0 Å². The van der Waals surface area contributed by atoms with Gasteiger partial charge >= 0.3 is 0 Å². The summed E-state index contributed by atoms with van der Waals surface area (Å²) < 4.78 is 0. The highest BCUT2D eigenvalue weighted by Crippen LogP contribution is 2.49. The molecule has 0 rings (SSSR count). The van der Waals surface area contributed by atoms with Crippen molar-refractivity contribution in [3.63, 3.8) is 0 Å². The molecule has 0 aliphatic rings. The van der Waals surface area contributed by atoms with Crippen LogP contribution < -0.4 is 0 Å². The van der Waals surface area contributed by atoms with E-state index in [-0.39, 0.29) is 0 Å². The highest BCUT2D eigenvalue weighted by Gasteiger charge is 2.43. The van der Waals surface area contributed by atoms with Crippen molar-refractivity contribution in [2.24, 2.45) is 71.0 Å². The maximum atomic E-state index is 2.66. The lowest BCUT2D eigenvalue weighted by molar-refractivity contribution is -0.00411. The van der Waals surface area contributed by atoms with Crippen LogP contribution in [0.3, 0.4) is 0 Å². The molecule has 0 radical (unpaired) electrons. The molecule has 0 aliphatic carbocycles. The van der Waals surface area contributed by atoms with E-state index in [2.05, 4.69) is 96.9 Å². The molecule has 0 aliphatic heterocycles. The summed E-state index contributed by atoms with van der Waals surface area (Å²) in [5.41, 5.74) is 0. The van der Waals surface area contributed by atoms with Crippen molar-refractivity contribution in [2.75, 3.05) is 0 Å². The van der Waals surface area contributed by atoms with Gasteiger partial charge in [0.2, 0.25) is 0 Å². The average molecular weight is 423 g/mol. The van der Waals surface area contributed by atoms with Gasteiger partial charge in [0, 0.05) is 0 Å². The van der Waals surface area contributed by atoms with Gasteiger partial charge in [-0.3, -0.25) is 0 Å². The molecule has 8 unspecified atom stereocenters. The van der Waals surface area contributed by atoms with Crippen LogP contribution in [0.4, 0.5) is 0 Å². The maximum absolute atomic E-state index is 2.66. The van der Waals surface area contributed by atoms with Gasteiger partial charge < -0.3 is 0 Å². The molecular weight excluding hydrogens is 360 g/mol. The lowest BCUT2D eigenvalue weighted by Crippen LogP contribution is -2.43. The van der Waals surface area contributed by atoms with Crippen molar-refractivity contribution in [1.82, 2.24) is 0 Å². The standard InChI is InChI=1S/C30H62/c1-15-22(10)29(23(11)16-2)30(25(13)20(6)7)26(14)27(17-3)28(21(8)9)24(12)18-19(4)5/h19-30H,15-18H2,1-14H3. The summed E-state index contributed by atoms with van der Waals surface area (Å²) >= 11 is 0. The Hall–Kier alpha value is 0. The molecule has 0 N–H and O–H groups in total. The first-order valence-corrected chi connectivity index (χ1v) is 13.8. The van der Waals surface area contributed by atoms with Crippen LogP contribution >= 0.6 is 0 Å². The highest BCUT2D eigenvalue weighted by atomic mass is 14.5. The predicted octanol–water partition coefficient (Wildman–Crippen LogP) is 10.2. The highest BCUT2D eigenvalue weighted by molar-refractivity contribution is 4.91. The molecule has 30 heavy (non-hydrogen) atoms. The quantitative estimate of drug-likeness (QED) is 0.246. The molecule has 8 atom stereocenters. The fraction of sp³-hybridized carbons (Fsp3) is 1.00. The molecule has 0 fully saturated rings. The summed E-state index contributed by atoms with van der Waals surface area (Å²) in [4.78, 5) is 0. The molecule has 0 amide bonds. The van der Waals surface area contributed by atoms with Gasteiger partial charge in [0.15, 0.2) is 0 Å². The summed E-state index contributed by atoms with van der Waals surface area (Å²) in [6, 6.07) is 0. The van der Waals surface area contributed by atoms with Crippen LogP contribution in [0.1, 0.15) is 123 Å². The monoisotopic (exact) mass is 422 g/mol. The average Bonchev–Trinajstić information content (AvgIpc) is 2.66. The maximum Gasteiger partial charge on any atom is -0.0324 e. The van der Waals surface area contributed by atoms with Crippen LogP contribution in [0.5, 0.6) is 0 Å². The van der Waals surface area contributed by atoms with Gasteiger partial charge in [-0.1, -0.05) is 116 Å². The van der Waals surface area contributed by atoms with E-state index in [0.29, 0.717) is 0 Å². The fourth-order valence-corrected chi connectivity index (χ4v) is 7.24. The first-order valence-electron chi connectivity index (χ1n) is 13.8. The van der Waals surface area contributed by atoms with Crippen molar-refractivity contribution in [3.05, 3.63) is 0 Å². The molecule has 0 spiro atoms. The van der Waals surface area contributed by atoms with E-state index in [1.54, 1.807) is 0 Å². The second-order valence-electron chi connectivity index (χ2n) is 12.4. The zero-order chi connectivity index (χ0) is 23.8.